The SMILES string of the molecule is CCn1ncc2cc(Nc3ncc(F)c(Nc4ccc5c(cnn5CC)c4)n3)ccc21. The molecule has 2 N–H and O–H groups in total. The summed E-state index contributed by atoms with van der Waals surface area (Å²) in [7, 11) is 0. The van der Waals surface area contributed by atoms with E-state index in [-0.39, 0.29) is 5.82 Å². The van der Waals surface area contributed by atoms with Crippen LogP contribution in [-0.4, -0.2) is 29.5 Å². The van der Waals surface area contributed by atoms with Crippen LogP contribution in [0.15, 0.2) is 55.0 Å². The van der Waals surface area contributed by atoms with Gasteiger partial charge in [-0.15, -0.1) is 0 Å². The fourth-order valence-electron chi connectivity index (χ4n) is 3.61. The Morgan fingerprint density at radius 1 is 0.806 bits per heavy atom. The lowest BCUT2D eigenvalue weighted by Gasteiger charge is -2.10. The molecule has 2 aromatic carbocycles. The van der Waals surface area contributed by atoms with Crippen molar-refractivity contribution in [1.29, 1.82) is 0 Å². The van der Waals surface area contributed by atoms with Crippen LogP contribution in [0.1, 0.15) is 13.8 Å². The third-order valence-corrected chi connectivity index (χ3v) is 5.15. The lowest BCUT2D eigenvalue weighted by atomic mass is 10.2. The predicted octanol–water partition coefficient (Wildman–Crippen LogP) is 4.84. The third-order valence-electron chi connectivity index (χ3n) is 5.15. The molecule has 0 aliphatic carbocycles. The van der Waals surface area contributed by atoms with Crippen molar-refractivity contribution < 1.29 is 4.39 Å². The number of aromatic nitrogens is 6. The molecule has 0 radical (unpaired) electrons. The standard InChI is InChI=1S/C22H21FN8/c1-3-30-19-7-5-16(9-14(19)11-25-30)27-21-18(23)13-24-22(29-21)28-17-6-8-20-15(10-17)12-26-31(20)4-2/h5-13H,3-4H2,1-2H3,(H2,24,27,28,29). The number of rotatable bonds is 6. The Bertz CT molecular complexity index is 1390. The molecule has 0 saturated heterocycles. The van der Waals surface area contributed by atoms with E-state index in [2.05, 4.69) is 30.8 Å². The average Bonchev–Trinajstić information content (AvgIpc) is 3.39. The first-order valence-corrected chi connectivity index (χ1v) is 10.1. The summed E-state index contributed by atoms with van der Waals surface area (Å²) in [6.07, 6.45) is 4.77. The van der Waals surface area contributed by atoms with Crippen molar-refractivity contribution in [1.82, 2.24) is 29.5 Å². The second-order valence-corrected chi connectivity index (χ2v) is 7.11. The minimum atomic E-state index is -0.533. The van der Waals surface area contributed by atoms with Gasteiger partial charge in [0.2, 0.25) is 5.95 Å². The van der Waals surface area contributed by atoms with Crippen molar-refractivity contribution in [3.8, 4) is 0 Å². The first-order valence-electron chi connectivity index (χ1n) is 10.1. The normalized spacial score (nSPS) is 11.3. The Balaban J connectivity index is 1.40. The molecule has 3 aromatic heterocycles. The van der Waals surface area contributed by atoms with E-state index in [1.165, 1.54) is 0 Å². The molecule has 3 heterocycles. The van der Waals surface area contributed by atoms with Gasteiger partial charge in [-0.1, -0.05) is 0 Å². The summed E-state index contributed by atoms with van der Waals surface area (Å²) in [5.41, 5.74) is 3.60. The summed E-state index contributed by atoms with van der Waals surface area (Å²) in [6, 6.07) is 11.6. The van der Waals surface area contributed by atoms with E-state index >= 15 is 0 Å². The van der Waals surface area contributed by atoms with Gasteiger partial charge in [0, 0.05) is 35.2 Å². The van der Waals surface area contributed by atoms with Gasteiger partial charge in [-0.3, -0.25) is 9.36 Å². The van der Waals surface area contributed by atoms with Crippen LogP contribution >= 0.6 is 0 Å². The number of nitrogens with one attached hydrogen (secondary N) is 2. The van der Waals surface area contributed by atoms with E-state index in [0.29, 0.717) is 5.95 Å². The van der Waals surface area contributed by atoms with Crippen molar-refractivity contribution in [2.45, 2.75) is 26.9 Å². The highest BCUT2D eigenvalue weighted by molar-refractivity contribution is 5.84. The van der Waals surface area contributed by atoms with Gasteiger partial charge in [0.05, 0.1) is 29.6 Å². The quantitative estimate of drug-likeness (QED) is 0.412. The molecule has 31 heavy (non-hydrogen) atoms. The molecule has 0 aliphatic rings. The van der Waals surface area contributed by atoms with Crippen LogP contribution in [0.2, 0.25) is 0 Å². The zero-order valence-electron chi connectivity index (χ0n) is 17.2. The maximum Gasteiger partial charge on any atom is 0.229 e. The van der Waals surface area contributed by atoms with Crippen LogP contribution in [0.4, 0.5) is 27.5 Å². The molecule has 0 fully saturated rings. The van der Waals surface area contributed by atoms with Crippen molar-refractivity contribution in [2.75, 3.05) is 10.6 Å². The first kappa shape index (κ1) is 19.0. The van der Waals surface area contributed by atoms with Crippen LogP contribution in [-0.2, 0) is 13.1 Å². The van der Waals surface area contributed by atoms with Gasteiger partial charge >= 0.3 is 0 Å². The largest absolute Gasteiger partial charge is 0.338 e. The van der Waals surface area contributed by atoms with Crippen LogP contribution in [0.25, 0.3) is 21.8 Å². The molecule has 5 rings (SSSR count). The minimum Gasteiger partial charge on any atom is -0.338 e. The second kappa shape index (κ2) is 7.67. The van der Waals surface area contributed by atoms with E-state index < -0.39 is 5.82 Å². The number of fused-ring (bicyclic) bond motifs is 2. The van der Waals surface area contributed by atoms with E-state index in [0.717, 1.165) is 52.5 Å². The average molecular weight is 416 g/mol. The minimum absolute atomic E-state index is 0.0969. The van der Waals surface area contributed by atoms with E-state index in [1.54, 1.807) is 6.20 Å². The summed E-state index contributed by atoms with van der Waals surface area (Å²) in [6.45, 7) is 5.68. The van der Waals surface area contributed by atoms with Crippen LogP contribution < -0.4 is 10.6 Å². The molecule has 0 spiro atoms. The molecule has 156 valence electrons. The molecule has 0 bridgehead atoms. The fraction of sp³-hybridized carbons (Fsp3) is 0.182. The zero-order chi connectivity index (χ0) is 21.4. The number of halogens is 1. The monoisotopic (exact) mass is 416 g/mol. The van der Waals surface area contributed by atoms with Gasteiger partial charge in [0.25, 0.3) is 0 Å². The maximum atomic E-state index is 14.4. The van der Waals surface area contributed by atoms with Gasteiger partial charge < -0.3 is 10.6 Å². The van der Waals surface area contributed by atoms with Crippen molar-refractivity contribution in [3.05, 3.63) is 60.8 Å². The Morgan fingerprint density at radius 2 is 1.39 bits per heavy atom. The number of benzene rings is 2. The Hall–Kier alpha value is -4.01. The van der Waals surface area contributed by atoms with Crippen molar-refractivity contribution in [2.24, 2.45) is 0 Å². The topological polar surface area (TPSA) is 85.5 Å². The number of nitrogens with zero attached hydrogens (tertiary/aromatic N) is 6. The smallest absolute Gasteiger partial charge is 0.229 e. The summed E-state index contributed by atoms with van der Waals surface area (Å²) in [5, 5.41) is 16.9. The maximum absolute atomic E-state index is 14.4. The summed E-state index contributed by atoms with van der Waals surface area (Å²) < 4.78 is 18.2. The molecular formula is C22H21FN8. The van der Waals surface area contributed by atoms with Crippen LogP contribution in [0, 0.1) is 5.82 Å². The number of hydrogen-bond donors (Lipinski definition) is 2. The molecule has 9 heteroatoms. The number of anilines is 4. The molecule has 0 aliphatic heterocycles. The van der Waals surface area contributed by atoms with Crippen LogP contribution in [0.5, 0.6) is 0 Å². The lowest BCUT2D eigenvalue weighted by Crippen LogP contribution is -2.03. The predicted molar refractivity (Wildman–Crippen MR) is 119 cm³/mol. The highest BCUT2D eigenvalue weighted by Gasteiger charge is 2.10. The summed E-state index contributed by atoms with van der Waals surface area (Å²) in [5.74, 6) is -0.139. The Morgan fingerprint density at radius 3 is 1.97 bits per heavy atom. The molecule has 0 saturated carbocycles. The highest BCUT2D eigenvalue weighted by Crippen LogP contribution is 2.25. The molecular weight excluding hydrogens is 395 g/mol. The number of aryl methyl sites for hydroxylation is 2. The molecule has 0 atom stereocenters. The van der Waals surface area contributed by atoms with Crippen molar-refractivity contribution in [3.63, 3.8) is 0 Å². The molecule has 0 unspecified atom stereocenters. The number of hydrogen-bond acceptors (Lipinski definition) is 6. The summed E-state index contributed by atoms with van der Waals surface area (Å²) in [4.78, 5) is 8.39. The molecule has 5 aromatic rings. The molecule has 8 nitrogen and oxygen atoms in total. The van der Waals surface area contributed by atoms with Crippen molar-refractivity contribution >= 4 is 44.9 Å². The van der Waals surface area contributed by atoms with Gasteiger partial charge in [-0.05, 0) is 50.2 Å². The van der Waals surface area contributed by atoms with Gasteiger partial charge in [-0.25, -0.2) is 9.37 Å². The van der Waals surface area contributed by atoms with E-state index in [4.69, 9.17) is 0 Å². The van der Waals surface area contributed by atoms with E-state index in [9.17, 15) is 4.39 Å². The second-order valence-electron chi connectivity index (χ2n) is 7.11. The highest BCUT2D eigenvalue weighted by atomic mass is 19.1. The lowest BCUT2D eigenvalue weighted by molar-refractivity contribution is 0.619. The fourth-order valence-corrected chi connectivity index (χ4v) is 3.61. The van der Waals surface area contributed by atoms with E-state index in [1.807, 2.05) is 65.8 Å². The van der Waals surface area contributed by atoms with Gasteiger partial charge in [0.15, 0.2) is 11.6 Å². The third kappa shape index (κ3) is 3.54. The Labute approximate surface area is 177 Å². The van der Waals surface area contributed by atoms with Gasteiger partial charge in [-0.2, -0.15) is 15.2 Å². The zero-order valence-corrected chi connectivity index (χ0v) is 17.2. The van der Waals surface area contributed by atoms with Gasteiger partial charge in [0.1, 0.15) is 0 Å². The molecule has 0 amide bonds. The first-order chi connectivity index (χ1) is 15.1. The Kier molecular flexibility index (Phi) is 4.70. The van der Waals surface area contributed by atoms with Crippen LogP contribution in [0.3, 0.4) is 0 Å². The summed E-state index contributed by atoms with van der Waals surface area (Å²) >= 11 is 0.